The van der Waals surface area contributed by atoms with E-state index in [-0.39, 0.29) is 18.5 Å². The first kappa shape index (κ1) is 19.0. The molecule has 2 aromatic rings. The van der Waals surface area contributed by atoms with Gasteiger partial charge in [0.1, 0.15) is 5.82 Å². The molecule has 142 valence electrons. The van der Waals surface area contributed by atoms with E-state index >= 15 is 0 Å². The third kappa shape index (κ3) is 4.69. The van der Waals surface area contributed by atoms with E-state index in [1.165, 1.54) is 11.6 Å². The van der Waals surface area contributed by atoms with Crippen LogP contribution >= 0.6 is 0 Å². The quantitative estimate of drug-likeness (QED) is 0.825. The van der Waals surface area contributed by atoms with Gasteiger partial charge in [0, 0.05) is 68.7 Å². The molecule has 1 fully saturated rings. The minimum atomic E-state index is -0.154. The first-order chi connectivity index (χ1) is 12.6. The summed E-state index contributed by atoms with van der Waals surface area (Å²) in [5.41, 5.74) is 1.94. The van der Waals surface area contributed by atoms with E-state index in [0.717, 1.165) is 31.7 Å². The second-order valence-corrected chi connectivity index (χ2v) is 7.39. The van der Waals surface area contributed by atoms with Crippen molar-refractivity contribution in [2.75, 3.05) is 26.2 Å². The highest BCUT2D eigenvalue weighted by Gasteiger charge is 2.27. The zero-order valence-corrected chi connectivity index (χ0v) is 15.7. The van der Waals surface area contributed by atoms with Gasteiger partial charge in [-0.1, -0.05) is 18.2 Å². The Morgan fingerprint density at radius 1 is 1.23 bits per heavy atom. The van der Waals surface area contributed by atoms with Crippen LogP contribution in [0.15, 0.2) is 36.7 Å². The number of piperazine rings is 1. The molecule has 1 aliphatic heterocycles. The van der Waals surface area contributed by atoms with Crippen molar-refractivity contribution >= 4 is 0 Å². The highest BCUT2D eigenvalue weighted by molar-refractivity contribution is 5.17. The number of rotatable bonds is 7. The summed E-state index contributed by atoms with van der Waals surface area (Å²) < 4.78 is 16.0. The maximum atomic E-state index is 14.0. The Kier molecular flexibility index (Phi) is 6.40. The Balaban J connectivity index is 1.62. The summed E-state index contributed by atoms with van der Waals surface area (Å²) in [5, 5.41) is 13.9. The number of aliphatic hydroxyl groups is 1. The van der Waals surface area contributed by atoms with Crippen molar-refractivity contribution in [3.05, 3.63) is 53.6 Å². The van der Waals surface area contributed by atoms with E-state index < -0.39 is 0 Å². The molecular formula is C20H29FN4O. The van der Waals surface area contributed by atoms with Crippen LogP contribution in [-0.2, 0) is 13.1 Å². The first-order valence-corrected chi connectivity index (χ1v) is 9.40. The minimum Gasteiger partial charge on any atom is -0.396 e. The average Bonchev–Trinajstić information content (AvgIpc) is 3.08. The SMILES string of the molecule is CC(C)n1cc(CN2CCN(Cc3ccccc3F)[C@@H](CCO)C2)cn1. The first-order valence-electron chi connectivity index (χ1n) is 9.40. The number of benzene rings is 1. The molecule has 1 atom stereocenters. The molecule has 3 rings (SSSR count). The van der Waals surface area contributed by atoms with Gasteiger partial charge in [-0.15, -0.1) is 0 Å². The van der Waals surface area contributed by atoms with Crippen LogP contribution in [0.1, 0.15) is 37.4 Å². The number of halogens is 1. The van der Waals surface area contributed by atoms with E-state index in [4.69, 9.17) is 0 Å². The number of aromatic nitrogens is 2. The van der Waals surface area contributed by atoms with Gasteiger partial charge >= 0.3 is 0 Å². The monoisotopic (exact) mass is 360 g/mol. The number of hydrogen-bond acceptors (Lipinski definition) is 4. The Bertz CT molecular complexity index is 703. The Morgan fingerprint density at radius 3 is 2.73 bits per heavy atom. The lowest BCUT2D eigenvalue weighted by Crippen LogP contribution is -2.52. The van der Waals surface area contributed by atoms with Crippen molar-refractivity contribution in [3.8, 4) is 0 Å². The van der Waals surface area contributed by atoms with Gasteiger partial charge in [-0.05, 0) is 26.3 Å². The molecule has 0 radical (unpaired) electrons. The van der Waals surface area contributed by atoms with Gasteiger partial charge in [-0.3, -0.25) is 14.5 Å². The molecule has 1 aliphatic rings. The van der Waals surface area contributed by atoms with E-state index in [1.807, 2.05) is 23.0 Å². The van der Waals surface area contributed by atoms with Crippen LogP contribution in [0.25, 0.3) is 0 Å². The lowest BCUT2D eigenvalue weighted by Gasteiger charge is -2.41. The second-order valence-electron chi connectivity index (χ2n) is 7.39. The van der Waals surface area contributed by atoms with Crippen molar-refractivity contribution in [3.63, 3.8) is 0 Å². The lowest BCUT2D eigenvalue weighted by atomic mass is 10.1. The van der Waals surface area contributed by atoms with Crippen LogP contribution in [0.2, 0.25) is 0 Å². The molecule has 5 nitrogen and oxygen atoms in total. The summed E-state index contributed by atoms with van der Waals surface area (Å²) in [5.74, 6) is -0.154. The number of aliphatic hydroxyl groups excluding tert-OH is 1. The van der Waals surface area contributed by atoms with Crippen LogP contribution in [0.4, 0.5) is 4.39 Å². The zero-order chi connectivity index (χ0) is 18.5. The fourth-order valence-electron chi connectivity index (χ4n) is 3.58. The molecule has 0 aliphatic carbocycles. The van der Waals surface area contributed by atoms with Gasteiger partial charge in [0.25, 0.3) is 0 Å². The third-order valence-electron chi connectivity index (χ3n) is 5.07. The van der Waals surface area contributed by atoms with Gasteiger partial charge < -0.3 is 5.11 Å². The highest BCUT2D eigenvalue weighted by Crippen LogP contribution is 2.20. The van der Waals surface area contributed by atoms with Crippen molar-refractivity contribution in [2.45, 2.75) is 45.4 Å². The van der Waals surface area contributed by atoms with E-state index in [0.29, 0.717) is 19.0 Å². The molecule has 0 unspecified atom stereocenters. The summed E-state index contributed by atoms with van der Waals surface area (Å²) in [4.78, 5) is 4.70. The molecule has 1 N–H and O–H groups in total. The predicted octanol–water partition coefficient (Wildman–Crippen LogP) is 2.67. The maximum absolute atomic E-state index is 14.0. The van der Waals surface area contributed by atoms with Crippen LogP contribution in [0.3, 0.4) is 0 Å². The molecule has 1 aromatic heterocycles. The fraction of sp³-hybridized carbons (Fsp3) is 0.550. The van der Waals surface area contributed by atoms with Gasteiger partial charge in [-0.25, -0.2) is 4.39 Å². The van der Waals surface area contributed by atoms with Crippen molar-refractivity contribution in [2.24, 2.45) is 0 Å². The van der Waals surface area contributed by atoms with E-state index in [9.17, 15) is 9.50 Å². The number of nitrogens with zero attached hydrogens (tertiary/aromatic N) is 4. The molecule has 2 heterocycles. The maximum Gasteiger partial charge on any atom is 0.127 e. The Morgan fingerprint density at radius 2 is 2.04 bits per heavy atom. The smallest absolute Gasteiger partial charge is 0.127 e. The summed E-state index contributed by atoms with van der Waals surface area (Å²) in [6.07, 6.45) is 4.75. The van der Waals surface area contributed by atoms with Crippen LogP contribution in [-0.4, -0.2) is 57.0 Å². The molecule has 0 saturated carbocycles. The van der Waals surface area contributed by atoms with Crippen LogP contribution in [0.5, 0.6) is 0 Å². The van der Waals surface area contributed by atoms with Gasteiger partial charge in [0.2, 0.25) is 0 Å². The second kappa shape index (κ2) is 8.75. The van der Waals surface area contributed by atoms with Crippen molar-refractivity contribution < 1.29 is 9.50 Å². The molecule has 26 heavy (non-hydrogen) atoms. The lowest BCUT2D eigenvalue weighted by molar-refractivity contribution is 0.0493. The third-order valence-corrected chi connectivity index (χ3v) is 5.07. The zero-order valence-electron chi connectivity index (χ0n) is 15.7. The molecule has 0 spiro atoms. The topological polar surface area (TPSA) is 44.5 Å². The molecule has 1 saturated heterocycles. The minimum absolute atomic E-state index is 0.150. The van der Waals surface area contributed by atoms with Crippen molar-refractivity contribution in [1.29, 1.82) is 0 Å². The molecular weight excluding hydrogens is 331 g/mol. The largest absolute Gasteiger partial charge is 0.396 e. The molecule has 0 bridgehead atoms. The standard InChI is InChI=1S/C20H29FN4O/c1-16(2)25-13-17(11-22-25)12-23-8-9-24(19(15-23)7-10-26)14-18-5-3-4-6-20(18)21/h3-6,11,13,16,19,26H,7-10,12,14-15H2,1-2H3/t19-/m0/s1. The normalized spacial score (nSPS) is 19.3. The summed E-state index contributed by atoms with van der Waals surface area (Å²) in [6, 6.07) is 7.55. The fourth-order valence-corrected chi connectivity index (χ4v) is 3.58. The van der Waals surface area contributed by atoms with Crippen LogP contribution in [0, 0.1) is 5.82 Å². The number of hydrogen-bond donors (Lipinski definition) is 1. The van der Waals surface area contributed by atoms with Gasteiger partial charge in [-0.2, -0.15) is 5.10 Å². The van der Waals surface area contributed by atoms with Gasteiger partial charge in [0.05, 0.1) is 6.20 Å². The summed E-state index contributed by atoms with van der Waals surface area (Å²) >= 11 is 0. The summed E-state index contributed by atoms with van der Waals surface area (Å²) in [7, 11) is 0. The Labute approximate surface area is 155 Å². The molecule has 6 heteroatoms. The highest BCUT2D eigenvalue weighted by atomic mass is 19.1. The summed E-state index contributed by atoms with van der Waals surface area (Å²) in [6.45, 7) is 8.53. The Hall–Kier alpha value is -1.76. The van der Waals surface area contributed by atoms with Crippen LogP contribution < -0.4 is 0 Å². The van der Waals surface area contributed by atoms with Gasteiger partial charge in [0.15, 0.2) is 0 Å². The molecule has 0 amide bonds. The predicted molar refractivity (Wildman–Crippen MR) is 100 cm³/mol. The van der Waals surface area contributed by atoms with E-state index in [2.05, 4.69) is 34.9 Å². The van der Waals surface area contributed by atoms with E-state index in [1.54, 1.807) is 6.07 Å². The molecule has 1 aromatic carbocycles. The average molecular weight is 360 g/mol. The van der Waals surface area contributed by atoms with Crippen molar-refractivity contribution in [1.82, 2.24) is 19.6 Å².